The van der Waals surface area contributed by atoms with Gasteiger partial charge in [0.05, 0.1) is 10.0 Å². The van der Waals surface area contributed by atoms with Crippen molar-refractivity contribution >= 4 is 27.7 Å². The summed E-state index contributed by atoms with van der Waals surface area (Å²) < 4.78 is 49.3. The largest absolute Gasteiger partial charge is 0.383 e. The second-order valence-electron chi connectivity index (χ2n) is 3.66. The van der Waals surface area contributed by atoms with Crippen LogP contribution in [0.4, 0.5) is 23.4 Å². The molecule has 19 heavy (non-hydrogen) atoms. The highest BCUT2D eigenvalue weighted by Gasteiger charge is 2.39. The Balaban J connectivity index is 2.54. The van der Waals surface area contributed by atoms with Crippen molar-refractivity contribution in [2.45, 2.75) is 18.8 Å². The third-order valence-corrected chi connectivity index (χ3v) is 2.83. The number of nitrogens with zero attached hydrogens (tertiary/aromatic N) is 1. The number of amides is 1. The van der Waals surface area contributed by atoms with Gasteiger partial charge in [-0.05, 0) is 22.0 Å². The van der Waals surface area contributed by atoms with E-state index in [0.717, 1.165) is 6.20 Å². The maximum atomic E-state index is 12.6. The molecule has 0 aliphatic rings. The SMILES string of the molecule is Nc1ncc(C(=O)NCCC(F)(F)C(F)F)cc1Br. The molecule has 0 aliphatic carbocycles. The highest BCUT2D eigenvalue weighted by atomic mass is 79.9. The Morgan fingerprint density at radius 3 is 2.68 bits per heavy atom. The van der Waals surface area contributed by atoms with Crippen molar-refractivity contribution in [3.63, 3.8) is 0 Å². The van der Waals surface area contributed by atoms with Crippen molar-refractivity contribution in [3.8, 4) is 0 Å². The first-order chi connectivity index (χ1) is 8.74. The summed E-state index contributed by atoms with van der Waals surface area (Å²) in [5, 5.41) is 2.10. The van der Waals surface area contributed by atoms with Gasteiger partial charge in [0.1, 0.15) is 5.82 Å². The van der Waals surface area contributed by atoms with Crippen LogP contribution in [0.5, 0.6) is 0 Å². The van der Waals surface area contributed by atoms with Gasteiger partial charge in [-0.3, -0.25) is 4.79 Å². The topological polar surface area (TPSA) is 68.0 Å². The number of pyridine rings is 1. The summed E-state index contributed by atoms with van der Waals surface area (Å²) in [6.45, 7) is -0.571. The highest BCUT2D eigenvalue weighted by molar-refractivity contribution is 9.10. The smallest absolute Gasteiger partial charge is 0.309 e. The number of nitrogen functional groups attached to an aromatic ring is 1. The van der Waals surface area contributed by atoms with Crippen LogP contribution in [0.3, 0.4) is 0 Å². The van der Waals surface area contributed by atoms with Crippen LogP contribution >= 0.6 is 15.9 Å². The molecule has 1 heterocycles. The predicted molar refractivity (Wildman–Crippen MR) is 64.3 cm³/mol. The molecule has 1 aromatic rings. The average Bonchev–Trinajstić information content (AvgIpc) is 2.32. The van der Waals surface area contributed by atoms with Crippen molar-refractivity contribution in [1.29, 1.82) is 0 Å². The van der Waals surface area contributed by atoms with E-state index >= 15 is 0 Å². The molecule has 0 radical (unpaired) electrons. The number of carbonyl (C=O) groups is 1. The van der Waals surface area contributed by atoms with Crippen molar-refractivity contribution in [1.82, 2.24) is 10.3 Å². The summed E-state index contributed by atoms with van der Waals surface area (Å²) >= 11 is 3.05. The molecule has 0 aromatic carbocycles. The minimum absolute atomic E-state index is 0.0847. The van der Waals surface area contributed by atoms with E-state index in [1.54, 1.807) is 0 Å². The third kappa shape index (κ3) is 4.34. The lowest BCUT2D eigenvalue weighted by Gasteiger charge is -2.15. The summed E-state index contributed by atoms with van der Waals surface area (Å²) in [5.74, 6) is -4.65. The third-order valence-electron chi connectivity index (χ3n) is 2.19. The fourth-order valence-electron chi connectivity index (χ4n) is 1.13. The number of nitrogens with two attached hydrogens (primary N) is 1. The minimum Gasteiger partial charge on any atom is -0.383 e. The molecule has 3 N–H and O–H groups in total. The molecular weight excluding hydrogens is 334 g/mol. The van der Waals surface area contributed by atoms with Crippen LogP contribution in [0, 0.1) is 0 Å². The first-order valence-electron chi connectivity index (χ1n) is 5.09. The molecule has 0 saturated heterocycles. The second-order valence-corrected chi connectivity index (χ2v) is 4.51. The number of hydrogen-bond acceptors (Lipinski definition) is 3. The quantitative estimate of drug-likeness (QED) is 0.807. The first kappa shape index (κ1) is 15.7. The average molecular weight is 344 g/mol. The number of rotatable bonds is 5. The summed E-state index contributed by atoms with van der Waals surface area (Å²) in [4.78, 5) is 15.2. The van der Waals surface area contributed by atoms with Crippen LogP contribution in [-0.4, -0.2) is 29.8 Å². The monoisotopic (exact) mass is 343 g/mol. The van der Waals surface area contributed by atoms with Gasteiger partial charge in [-0.2, -0.15) is 0 Å². The van der Waals surface area contributed by atoms with Crippen LogP contribution in [0.25, 0.3) is 0 Å². The van der Waals surface area contributed by atoms with Crippen LogP contribution in [0.2, 0.25) is 0 Å². The van der Waals surface area contributed by atoms with Gasteiger partial charge in [0.15, 0.2) is 0 Å². The van der Waals surface area contributed by atoms with Gasteiger partial charge in [0.2, 0.25) is 0 Å². The van der Waals surface area contributed by atoms with Gasteiger partial charge < -0.3 is 11.1 Å². The van der Waals surface area contributed by atoms with Gasteiger partial charge in [0, 0.05) is 19.2 Å². The fraction of sp³-hybridized carbons (Fsp3) is 0.400. The Kier molecular flexibility index (Phi) is 5.10. The molecular formula is C10H10BrF4N3O. The molecule has 0 fully saturated rings. The van der Waals surface area contributed by atoms with Gasteiger partial charge in [-0.25, -0.2) is 22.5 Å². The van der Waals surface area contributed by atoms with Crippen LogP contribution in [0.1, 0.15) is 16.8 Å². The normalized spacial score (nSPS) is 11.7. The van der Waals surface area contributed by atoms with E-state index in [0.29, 0.717) is 4.47 Å². The molecule has 0 unspecified atom stereocenters. The van der Waals surface area contributed by atoms with Gasteiger partial charge >= 0.3 is 12.3 Å². The van der Waals surface area contributed by atoms with Crippen molar-refractivity contribution in [2.75, 3.05) is 12.3 Å². The first-order valence-corrected chi connectivity index (χ1v) is 5.88. The number of nitrogens with one attached hydrogen (secondary N) is 1. The molecule has 1 amide bonds. The molecule has 0 bridgehead atoms. The number of halogens is 5. The Labute approximate surface area is 114 Å². The van der Waals surface area contributed by atoms with Gasteiger partial charge in [-0.15, -0.1) is 0 Å². The zero-order valence-corrected chi connectivity index (χ0v) is 11.1. The zero-order valence-electron chi connectivity index (χ0n) is 9.47. The Morgan fingerprint density at radius 1 is 1.53 bits per heavy atom. The van der Waals surface area contributed by atoms with E-state index in [1.165, 1.54) is 6.07 Å². The van der Waals surface area contributed by atoms with Crippen LogP contribution < -0.4 is 11.1 Å². The molecule has 0 aliphatic heterocycles. The fourth-order valence-corrected chi connectivity index (χ4v) is 1.48. The lowest BCUT2D eigenvalue weighted by atomic mass is 10.2. The molecule has 1 aromatic heterocycles. The van der Waals surface area contributed by atoms with Gasteiger partial charge in [-0.1, -0.05) is 0 Å². The number of aromatic nitrogens is 1. The minimum atomic E-state index is -4.12. The van der Waals surface area contributed by atoms with Gasteiger partial charge in [0.25, 0.3) is 5.91 Å². The van der Waals surface area contributed by atoms with Crippen molar-refractivity contribution in [2.24, 2.45) is 0 Å². The van der Waals surface area contributed by atoms with Crippen LogP contribution in [-0.2, 0) is 0 Å². The van der Waals surface area contributed by atoms with Crippen molar-refractivity contribution in [3.05, 3.63) is 22.3 Å². The Bertz CT molecular complexity index is 470. The molecule has 4 nitrogen and oxygen atoms in total. The summed E-state index contributed by atoms with van der Waals surface area (Å²) in [6.07, 6.45) is -3.74. The summed E-state index contributed by atoms with van der Waals surface area (Å²) in [5.41, 5.74) is 5.49. The van der Waals surface area contributed by atoms with E-state index in [4.69, 9.17) is 5.73 Å². The van der Waals surface area contributed by atoms with Crippen LogP contribution in [0.15, 0.2) is 16.7 Å². The number of alkyl halides is 4. The van der Waals surface area contributed by atoms with E-state index in [9.17, 15) is 22.4 Å². The van der Waals surface area contributed by atoms with E-state index in [2.05, 4.69) is 26.2 Å². The predicted octanol–water partition coefficient (Wildman–Crippen LogP) is 2.45. The maximum Gasteiger partial charge on any atom is 0.309 e. The summed E-state index contributed by atoms with van der Waals surface area (Å²) in [6, 6.07) is 1.35. The molecule has 1 rings (SSSR count). The molecule has 9 heteroatoms. The highest BCUT2D eigenvalue weighted by Crippen LogP contribution is 2.26. The standard InChI is InChI=1S/C10H10BrF4N3O/c11-6-3-5(4-18-7(6)16)8(19)17-2-1-10(14,15)9(12)13/h3-4,9H,1-2H2,(H2,16,18)(H,17,19). The molecule has 0 atom stereocenters. The van der Waals surface area contributed by atoms with E-state index in [-0.39, 0.29) is 11.4 Å². The van der Waals surface area contributed by atoms with Crippen molar-refractivity contribution < 1.29 is 22.4 Å². The lowest BCUT2D eigenvalue weighted by Crippen LogP contribution is -2.33. The number of anilines is 1. The maximum absolute atomic E-state index is 12.6. The number of hydrogen-bond donors (Lipinski definition) is 2. The Morgan fingerprint density at radius 2 is 2.16 bits per heavy atom. The molecule has 0 spiro atoms. The lowest BCUT2D eigenvalue weighted by molar-refractivity contribution is -0.131. The Hall–Kier alpha value is -1.38. The zero-order chi connectivity index (χ0) is 14.6. The van der Waals surface area contributed by atoms with E-state index < -0.39 is 31.2 Å². The second kappa shape index (κ2) is 6.18. The molecule has 106 valence electrons. The summed E-state index contributed by atoms with van der Waals surface area (Å²) in [7, 11) is 0. The van der Waals surface area contributed by atoms with E-state index in [1.807, 2.05) is 0 Å². The number of carbonyl (C=O) groups excluding carboxylic acids is 1. The molecule has 0 saturated carbocycles.